The Labute approximate surface area is 157 Å². The van der Waals surface area contributed by atoms with Crippen LogP contribution in [-0.4, -0.2) is 23.3 Å². The smallest absolute Gasteiger partial charge is 0.372 e. The highest BCUT2D eigenvalue weighted by atomic mass is 79.9. The van der Waals surface area contributed by atoms with Gasteiger partial charge in [-0.2, -0.15) is 0 Å². The number of ether oxygens (including phenoxy) is 1. The van der Waals surface area contributed by atoms with Crippen LogP contribution in [0.1, 0.15) is 16.7 Å². The molecule has 0 aliphatic heterocycles. The number of nitro benzene ring substituents is 1. The molecule has 0 fully saturated rings. The Kier molecular flexibility index (Phi) is 6.29. The van der Waals surface area contributed by atoms with Crippen LogP contribution in [0.2, 0.25) is 0 Å². The van der Waals surface area contributed by atoms with E-state index in [9.17, 15) is 14.9 Å². The fourth-order valence-electron chi connectivity index (χ4n) is 1.98. The number of non-ortho nitro benzene ring substituents is 1. The molecule has 0 saturated carbocycles. The first-order valence-electron chi connectivity index (χ1n) is 7.45. The van der Waals surface area contributed by atoms with Gasteiger partial charge in [0.25, 0.3) is 5.69 Å². The van der Waals surface area contributed by atoms with Crippen molar-refractivity contribution in [3.63, 3.8) is 0 Å². The Bertz CT molecular complexity index is 865. The van der Waals surface area contributed by atoms with E-state index >= 15 is 0 Å². The van der Waals surface area contributed by atoms with Crippen molar-refractivity contribution in [2.24, 2.45) is 10.9 Å². The third-order valence-electron chi connectivity index (χ3n) is 3.42. The molecule has 9 heteroatoms. The molecule has 0 aliphatic carbocycles. The number of carbonyl (C=O) groups is 1. The summed E-state index contributed by atoms with van der Waals surface area (Å²) >= 11 is 3.42. The summed E-state index contributed by atoms with van der Waals surface area (Å²) in [4.78, 5) is 26.5. The van der Waals surface area contributed by atoms with Crippen molar-refractivity contribution in [3.05, 3.63) is 67.7 Å². The van der Waals surface area contributed by atoms with Gasteiger partial charge >= 0.3 is 5.97 Å². The van der Waals surface area contributed by atoms with Gasteiger partial charge < -0.3 is 15.3 Å². The largest absolute Gasteiger partial charge is 0.482 e. The SMILES string of the molecule is Cc1cc(OCC(=O)O/N=C(\N)c2ccc([N+](=O)[O-])cc2)c(C)cc1Br. The Morgan fingerprint density at radius 2 is 1.88 bits per heavy atom. The van der Waals surface area contributed by atoms with E-state index in [0.29, 0.717) is 11.3 Å². The van der Waals surface area contributed by atoms with Crippen LogP contribution in [0.25, 0.3) is 0 Å². The molecule has 2 rings (SSSR count). The van der Waals surface area contributed by atoms with Crippen LogP contribution in [0.15, 0.2) is 46.0 Å². The highest BCUT2D eigenvalue weighted by molar-refractivity contribution is 9.10. The van der Waals surface area contributed by atoms with Crippen molar-refractivity contribution in [2.45, 2.75) is 13.8 Å². The number of aryl methyl sites for hydroxylation is 2. The minimum absolute atomic E-state index is 0.0768. The second kappa shape index (κ2) is 8.43. The molecule has 0 aliphatic rings. The summed E-state index contributed by atoms with van der Waals surface area (Å²) in [6, 6.07) is 9.08. The van der Waals surface area contributed by atoms with Gasteiger partial charge in [-0.3, -0.25) is 10.1 Å². The lowest BCUT2D eigenvalue weighted by Crippen LogP contribution is -2.18. The van der Waals surface area contributed by atoms with Gasteiger partial charge in [0.05, 0.1) is 4.92 Å². The molecule has 0 bridgehead atoms. The normalized spacial score (nSPS) is 11.1. The molecule has 0 amide bonds. The first kappa shape index (κ1) is 19.4. The monoisotopic (exact) mass is 421 g/mol. The molecule has 0 atom stereocenters. The molecule has 8 nitrogen and oxygen atoms in total. The second-order valence-electron chi connectivity index (χ2n) is 5.40. The minimum Gasteiger partial charge on any atom is -0.482 e. The molecule has 2 aromatic rings. The highest BCUT2D eigenvalue weighted by Crippen LogP contribution is 2.26. The second-order valence-corrected chi connectivity index (χ2v) is 6.25. The van der Waals surface area contributed by atoms with Gasteiger partial charge in [0, 0.05) is 22.2 Å². The predicted molar refractivity (Wildman–Crippen MR) is 99.0 cm³/mol. The van der Waals surface area contributed by atoms with Gasteiger partial charge in [-0.1, -0.05) is 21.1 Å². The van der Waals surface area contributed by atoms with Gasteiger partial charge in [0.2, 0.25) is 0 Å². The Morgan fingerprint density at radius 3 is 2.50 bits per heavy atom. The van der Waals surface area contributed by atoms with Crippen LogP contribution < -0.4 is 10.5 Å². The molecule has 0 spiro atoms. The van der Waals surface area contributed by atoms with E-state index in [-0.39, 0.29) is 18.1 Å². The zero-order valence-corrected chi connectivity index (χ0v) is 15.6. The van der Waals surface area contributed by atoms with Gasteiger partial charge in [0.1, 0.15) is 5.75 Å². The maximum atomic E-state index is 11.8. The van der Waals surface area contributed by atoms with Crippen molar-refractivity contribution < 1.29 is 19.3 Å². The molecule has 136 valence electrons. The molecule has 0 radical (unpaired) electrons. The zero-order valence-electron chi connectivity index (χ0n) is 14.1. The first-order chi connectivity index (χ1) is 12.3. The van der Waals surface area contributed by atoms with Gasteiger partial charge in [-0.15, -0.1) is 0 Å². The zero-order chi connectivity index (χ0) is 19.3. The average molecular weight is 422 g/mol. The van der Waals surface area contributed by atoms with E-state index < -0.39 is 10.9 Å². The lowest BCUT2D eigenvalue weighted by molar-refractivity contribution is -0.384. The van der Waals surface area contributed by atoms with E-state index in [1.807, 2.05) is 19.9 Å². The number of benzene rings is 2. The molecule has 2 aromatic carbocycles. The van der Waals surface area contributed by atoms with E-state index in [0.717, 1.165) is 15.6 Å². The number of oxime groups is 1. The summed E-state index contributed by atoms with van der Waals surface area (Å²) in [7, 11) is 0. The van der Waals surface area contributed by atoms with Crippen LogP contribution in [-0.2, 0) is 9.63 Å². The standard InChI is InChI=1S/C17H16BrN3O5/c1-10-8-15(11(2)7-14(10)18)25-9-16(22)26-20-17(19)12-3-5-13(6-4-12)21(23)24/h3-8H,9H2,1-2H3,(H2,19,20). The third-order valence-corrected chi connectivity index (χ3v) is 4.28. The number of nitro groups is 1. The van der Waals surface area contributed by atoms with Crippen molar-refractivity contribution in [1.82, 2.24) is 0 Å². The van der Waals surface area contributed by atoms with Crippen LogP contribution in [0, 0.1) is 24.0 Å². The number of nitrogens with two attached hydrogens (primary N) is 1. The van der Waals surface area contributed by atoms with Crippen LogP contribution >= 0.6 is 15.9 Å². The van der Waals surface area contributed by atoms with Crippen molar-refractivity contribution in [3.8, 4) is 5.75 Å². The summed E-state index contributed by atoms with van der Waals surface area (Å²) in [5.41, 5.74) is 7.85. The first-order valence-corrected chi connectivity index (χ1v) is 8.25. The van der Waals surface area contributed by atoms with E-state index in [4.69, 9.17) is 15.3 Å². The molecule has 0 aromatic heterocycles. The van der Waals surface area contributed by atoms with E-state index in [1.165, 1.54) is 24.3 Å². The predicted octanol–water partition coefficient (Wildman–Crippen LogP) is 3.22. The summed E-state index contributed by atoms with van der Waals surface area (Å²) in [6.07, 6.45) is 0. The lowest BCUT2D eigenvalue weighted by Gasteiger charge is -2.10. The number of amidine groups is 1. The Balaban J connectivity index is 1.94. The number of nitrogens with zero attached hydrogens (tertiary/aromatic N) is 2. The van der Waals surface area contributed by atoms with Gasteiger partial charge in [-0.05, 0) is 49.2 Å². The Morgan fingerprint density at radius 1 is 1.23 bits per heavy atom. The number of carbonyl (C=O) groups excluding carboxylic acids is 1. The van der Waals surface area contributed by atoms with Crippen molar-refractivity contribution in [2.75, 3.05) is 6.61 Å². The minimum atomic E-state index is -0.727. The maximum absolute atomic E-state index is 11.8. The quantitative estimate of drug-likeness (QED) is 0.251. The fourth-order valence-corrected chi connectivity index (χ4v) is 2.44. The van der Waals surface area contributed by atoms with Crippen molar-refractivity contribution in [1.29, 1.82) is 0 Å². The topological polar surface area (TPSA) is 117 Å². The third kappa shape index (κ3) is 5.03. The summed E-state index contributed by atoms with van der Waals surface area (Å²) in [5, 5.41) is 14.1. The van der Waals surface area contributed by atoms with Crippen molar-refractivity contribution >= 4 is 33.4 Å². The average Bonchev–Trinajstić information content (AvgIpc) is 2.61. The number of hydrogen-bond acceptors (Lipinski definition) is 6. The molecular formula is C17H16BrN3O5. The van der Waals surface area contributed by atoms with Crippen LogP contribution in [0.3, 0.4) is 0 Å². The summed E-state index contributed by atoms with van der Waals surface area (Å²) < 4.78 is 6.38. The van der Waals surface area contributed by atoms with E-state index in [2.05, 4.69) is 21.1 Å². The van der Waals surface area contributed by atoms with Crippen LogP contribution in [0.5, 0.6) is 5.75 Å². The number of halogens is 1. The Hall–Kier alpha value is -2.94. The lowest BCUT2D eigenvalue weighted by atomic mass is 10.1. The number of rotatable bonds is 6. The molecule has 0 unspecified atom stereocenters. The molecule has 0 heterocycles. The summed E-state index contributed by atoms with van der Waals surface area (Å²) in [5.74, 6) is -0.242. The fraction of sp³-hybridized carbons (Fsp3) is 0.176. The molecular weight excluding hydrogens is 406 g/mol. The van der Waals surface area contributed by atoms with Gasteiger partial charge in [-0.25, -0.2) is 4.79 Å². The molecule has 0 saturated heterocycles. The van der Waals surface area contributed by atoms with Gasteiger partial charge in [0.15, 0.2) is 12.4 Å². The maximum Gasteiger partial charge on any atom is 0.372 e. The molecule has 26 heavy (non-hydrogen) atoms. The summed E-state index contributed by atoms with van der Waals surface area (Å²) in [6.45, 7) is 3.43. The van der Waals surface area contributed by atoms with E-state index in [1.54, 1.807) is 6.07 Å². The van der Waals surface area contributed by atoms with Crippen LogP contribution in [0.4, 0.5) is 5.69 Å². The molecule has 2 N–H and O–H groups in total. The number of hydrogen-bond donors (Lipinski definition) is 1. The highest BCUT2D eigenvalue weighted by Gasteiger charge is 2.10.